The average molecular weight is 467 g/mol. The van der Waals surface area contributed by atoms with Crippen molar-refractivity contribution >= 4 is 17.8 Å². The maximum atomic E-state index is 11.8. The molecule has 0 aliphatic carbocycles. The number of carbonyl (C=O) groups is 3. The number of esters is 1. The molecule has 14 heteroatoms. The van der Waals surface area contributed by atoms with Crippen LogP contribution in [0.5, 0.6) is 0 Å². The quantitative estimate of drug-likeness (QED) is 0.259. The Morgan fingerprint density at radius 1 is 1.28 bits per heavy atom. The smallest absolute Gasteiger partial charge is 0.430 e. The topological polar surface area (TPSA) is 189 Å². The predicted molar refractivity (Wildman–Crippen MR) is 95.9 cm³/mol. The van der Waals surface area contributed by atoms with Crippen molar-refractivity contribution < 1.29 is 56.9 Å². The van der Waals surface area contributed by atoms with Gasteiger partial charge in [0.05, 0.1) is 0 Å². The van der Waals surface area contributed by atoms with Gasteiger partial charge in [-0.3, -0.25) is 9.59 Å². The van der Waals surface area contributed by atoms with E-state index < -0.39 is 54.6 Å². The van der Waals surface area contributed by atoms with Gasteiger partial charge in [-0.1, -0.05) is 13.8 Å². The Bertz CT molecular complexity index is 821. The Labute approximate surface area is 180 Å². The number of hydrogen-bond donors (Lipinski definition) is 4. The number of carboxylic acid groups (broad SMARTS) is 1. The highest BCUT2D eigenvalue weighted by Gasteiger charge is 2.48. The Morgan fingerprint density at radius 3 is 2.31 bits per heavy atom. The van der Waals surface area contributed by atoms with E-state index in [0.717, 1.165) is 0 Å². The van der Waals surface area contributed by atoms with Crippen molar-refractivity contribution in [3.05, 3.63) is 30.1 Å². The first-order valence-electron chi connectivity index (χ1n) is 9.19. The van der Waals surface area contributed by atoms with Gasteiger partial charge >= 0.3 is 12.1 Å². The zero-order valence-electron chi connectivity index (χ0n) is 17.1. The SMILES string of the molecule is CC(C)[C@@H](N)C(=O)OC[C@H]1O[C@@H]([n+]2cccc(C(N)=O)c2)[C@H](O)[C@@H]1O.O=C([O-])C(F)(F)F. The monoisotopic (exact) mass is 467 g/mol. The van der Waals surface area contributed by atoms with E-state index in [1.165, 1.54) is 16.8 Å². The van der Waals surface area contributed by atoms with Crippen LogP contribution in [0.4, 0.5) is 13.2 Å². The first kappa shape index (κ1) is 27.2. The number of carboxylic acids is 1. The van der Waals surface area contributed by atoms with Crippen molar-refractivity contribution in [3.63, 3.8) is 0 Å². The summed E-state index contributed by atoms with van der Waals surface area (Å²) in [5.41, 5.74) is 11.2. The van der Waals surface area contributed by atoms with E-state index in [1.807, 2.05) is 0 Å². The third-order valence-electron chi connectivity index (χ3n) is 4.35. The summed E-state index contributed by atoms with van der Waals surface area (Å²) in [6, 6.07) is 2.31. The lowest BCUT2D eigenvalue weighted by Crippen LogP contribution is -2.46. The minimum atomic E-state index is -5.19. The third kappa shape index (κ3) is 7.40. The van der Waals surface area contributed by atoms with E-state index in [9.17, 15) is 33.0 Å². The molecule has 0 bridgehead atoms. The fourth-order valence-electron chi connectivity index (χ4n) is 2.44. The molecule has 1 saturated heterocycles. The fraction of sp³-hybridized carbons (Fsp3) is 0.556. The predicted octanol–water partition coefficient (Wildman–Crippen LogP) is -2.48. The van der Waals surface area contributed by atoms with E-state index >= 15 is 0 Å². The molecule has 5 atom stereocenters. The van der Waals surface area contributed by atoms with Crippen molar-refractivity contribution in [2.45, 2.75) is 50.6 Å². The summed E-state index contributed by atoms with van der Waals surface area (Å²) in [6.07, 6.45) is -6.62. The number of nitrogens with zero attached hydrogens (tertiary/aromatic N) is 1. The van der Waals surface area contributed by atoms with Crippen LogP contribution < -0.4 is 21.1 Å². The van der Waals surface area contributed by atoms with Gasteiger partial charge < -0.3 is 41.1 Å². The highest BCUT2D eigenvalue weighted by Crippen LogP contribution is 2.26. The molecular weight excluding hydrogens is 443 g/mol. The van der Waals surface area contributed by atoms with Crippen LogP contribution in [-0.2, 0) is 19.1 Å². The Hall–Kier alpha value is -2.81. The molecule has 0 aromatic carbocycles. The zero-order valence-corrected chi connectivity index (χ0v) is 17.1. The maximum absolute atomic E-state index is 11.8. The van der Waals surface area contributed by atoms with Gasteiger partial charge in [-0.15, -0.1) is 0 Å². The standard InChI is InChI=1S/C16H23N3O6.C2HF3O2/c1-8(2)11(17)16(23)24-7-10-12(20)13(21)15(25-10)19-5-3-4-9(6-19)14(18)22;3-2(4,5)1(6)7/h3-6,8,10-13,15,20-21H,7,17H2,1-2H3,(H-,18,22);(H,6,7)/t10-,11-,12-,13-,15-;/m1./s1. The molecule has 1 aliphatic rings. The summed E-state index contributed by atoms with van der Waals surface area (Å²) in [4.78, 5) is 31.8. The van der Waals surface area contributed by atoms with Gasteiger partial charge in [0.25, 0.3) is 12.1 Å². The van der Waals surface area contributed by atoms with E-state index in [0.29, 0.717) is 0 Å². The molecule has 1 aromatic rings. The van der Waals surface area contributed by atoms with Crippen LogP contribution in [0.2, 0.25) is 0 Å². The van der Waals surface area contributed by atoms with E-state index in [2.05, 4.69) is 0 Å². The highest BCUT2D eigenvalue weighted by molar-refractivity contribution is 5.92. The summed E-state index contributed by atoms with van der Waals surface area (Å²) in [6.45, 7) is 3.33. The largest absolute Gasteiger partial charge is 0.542 e. The third-order valence-corrected chi connectivity index (χ3v) is 4.35. The number of primary amides is 1. The number of rotatable bonds is 6. The van der Waals surface area contributed by atoms with Crippen molar-refractivity contribution in [2.24, 2.45) is 17.4 Å². The molecule has 1 amide bonds. The van der Waals surface area contributed by atoms with Crippen molar-refractivity contribution in [1.29, 1.82) is 0 Å². The van der Waals surface area contributed by atoms with Gasteiger partial charge in [-0.2, -0.15) is 17.7 Å². The number of carbonyl (C=O) groups excluding carboxylic acids is 3. The summed E-state index contributed by atoms with van der Waals surface area (Å²) in [5.74, 6) is -4.33. The molecule has 180 valence electrons. The Balaban J connectivity index is 0.000000633. The van der Waals surface area contributed by atoms with Gasteiger partial charge in [0, 0.05) is 6.07 Å². The molecule has 32 heavy (non-hydrogen) atoms. The number of alkyl halides is 3. The number of nitrogens with two attached hydrogens (primary N) is 2. The van der Waals surface area contributed by atoms with Gasteiger partial charge in [-0.25, -0.2) is 0 Å². The molecule has 0 spiro atoms. The lowest BCUT2D eigenvalue weighted by molar-refractivity contribution is -0.765. The number of ether oxygens (including phenoxy) is 2. The lowest BCUT2D eigenvalue weighted by Gasteiger charge is -2.17. The maximum Gasteiger partial charge on any atom is 0.430 e. The Kier molecular flexibility index (Phi) is 9.51. The summed E-state index contributed by atoms with van der Waals surface area (Å²) in [5, 5.41) is 29.1. The number of aliphatic hydroxyl groups excluding tert-OH is 2. The zero-order chi connectivity index (χ0) is 24.8. The fourth-order valence-corrected chi connectivity index (χ4v) is 2.44. The van der Waals surface area contributed by atoms with Gasteiger partial charge in [0.1, 0.15) is 36.4 Å². The number of hydrogen-bond acceptors (Lipinski definition) is 9. The van der Waals surface area contributed by atoms with Crippen LogP contribution in [-0.4, -0.2) is 65.2 Å². The second-order valence-corrected chi connectivity index (χ2v) is 7.14. The lowest BCUT2D eigenvalue weighted by atomic mass is 10.1. The van der Waals surface area contributed by atoms with E-state index in [1.54, 1.807) is 26.1 Å². The average Bonchev–Trinajstić information content (AvgIpc) is 2.99. The molecule has 1 aromatic heterocycles. The van der Waals surface area contributed by atoms with Crippen molar-refractivity contribution in [1.82, 2.24) is 0 Å². The highest BCUT2D eigenvalue weighted by atomic mass is 19.4. The van der Waals surface area contributed by atoms with Crippen LogP contribution in [0.3, 0.4) is 0 Å². The van der Waals surface area contributed by atoms with Crippen LogP contribution in [0.1, 0.15) is 30.4 Å². The molecule has 2 heterocycles. The molecule has 0 radical (unpaired) electrons. The van der Waals surface area contributed by atoms with Gasteiger partial charge in [0.15, 0.2) is 18.5 Å². The molecule has 1 aliphatic heterocycles. The molecule has 0 saturated carbocycles. The van der Waals surface area contributed by atoms with Crippen LogP contribution >= 0.6 is 0 Å². The van der Waals surface area contributed by atoms with Crippen LogP contribution in [0.25, 0.3) is 0 Å². The normalized spacial score (nSPS) is 23.8. The summed E-state index contributed by atoms with van der Waals surface area (Å²) < 4.78 is 43.6. The second kappa shape index (κ2) is 11.2. The van der Waals surface area contributed by atoms with Crippen molar-refractivity contribution in [2.75, 3.05) is 6.61 Å². The minimum absolute atomic E-state index is 0.0904. The number of aliphatic hydroxyl groups is 2. The first-order valence-corrected chi connectivity index (χ1v) is 9.19. The minimum Gasteiger partial charge on any atom is -0.542 e. The van der Waals surface area contributed by atoms with E-state index in [4.69, 9.17) is 30.8 Å². The van der Waals surface area contributed by atoms with Crippen LogP contribution in [0, 0.1) is 5.92 Å². The van der Waals surface area contributed by atoms with E-state index in [-0.39, 0.29) is 18.1 Å². The first-order chi connectivity index (χ1) is 14.7. The molecular formula is C18H24F3N3O8. The molecule has 1 fully saturated rings. The number of pyridine rings is 1. The van der Waals surface area contributed by atoms with Crippen molar-refractivity contribution in [3.8, 4) is 0 Å². The number of halogens is 3. The summed E-state index contributed by atoms with van der Waals surface area (Å²) in [7, 11) is 0. The van der Waals surface area contributed by atoms with Gasteiger partial charge in [0.2, 0.25) is 0 Å². The molecule has 11 nitrogen and oxygen atoms in total. The van der Waals surface area contributed by atoms with Crippen LogP contribution in [0.15, 0.2) is 24.5 Å². The molecule has 6 N–H and O–H groups in total. The Morgan fingerprint density at radius 2 is 1.84 bits per heavy atom. The number of aromatic nitrogens is 1. The number of aliphatic carboxylic acids is 1. The second-order valence-electron chi connectivity index (χ2n) is 7.14. The van der Waals surface area contributed by atoms with Gasteiger partial charge in [-0.05, 0) is 12.0 Å². The molecule has 2 rings (SSSR count). The number of amides is 1. The summed E-state index contributed by atoms with van der Waals surface area (Å²) >= 11 is 0. The molecule has 0 unspecified atom stereocenters.